The molecule has 0 unspecified atom stereocenters. The first-order valence-electron chi connectivity index (χ1n) is 13.4. The monoisotopic (exact) mass is 531 g/mol. The normalized spacial score (nSPS) is 10.8. The molecule has 0 radical (unpaired) electrons. The van der Waals surface area contributed by atoms with Crippen LogP contribution in [0.3, 0.4) is 0 Å². The summed E-state index contributed by atoms with van der Waals surface area (Å²) in [5.41, 5.74) is 0. The quantitative estimate of drug-likeness (QED) is 0.0947. The third kappa shape index (κ3) is 60.4. The maximum atomic E-state index is 8.55. The molecule has 0 aromatic carbocycles. The lowest BCUT2D eigenvalue weighted by Crippen LogP contribution is -2.24. The van der Waals surface area contributed by atoms with Gasteiger partial charge in [0.05, 0.1) is 0 Å². The Labute approximate surface area is 218 Å². The molecular formula is C26H66N3O5P. The Morgan fingerprint density at radius 1 is 0.486 bits per heavy atom. The average molecular weight is 532 g/mol. The minimum absolute atomic E-state index is 0. The Balaban J connectivity index is -0.000000338. The van der Waals surface area contributed by atoms with Crippen molar-refractivity contribution in [3.63, 3.8) is 0 Å². The predicted molar refractivity (Wildman–Crippen MR) is 149 cm³/mol. The van der Waals surface area contributed by atoms with Crippen LogP contribution in [0.2, 0.25) is 0 Å². The smallest absolute Gasteiger partial charge is 0.0466 e. The zero-order chi connectivity index (χ0) is 24.5. The fraction of sp³-hybridized carbons (Fsp3) is 1.00. The van der Waals surface area contributed by atoms with Gasteiger partial charge >= 0.3 is 0 Å². The molecule has 8 nitrogen and oxygen atoms in total. The molecule has 0 aliphatic rings. The number of ether oxygens (including phenoxy) is 1. The molecule has 0 aliphatic heterocycles. The summed E-state index contributed by atoms with van der Waals surface area (Å²) in [5, 5.41) is 0. The van der Waals surface area contributed by atoms with Gasteiger partial charge in [-0.25, -0.2) is 0 Å². The minimum atomic E-state index is -5.39. The fourth-order valence-corrected chi connectivity index (χ4v) is 3.74. The van der Waals surface area contributed by atoms with Crippen molar-refractivity contribution in [1.29, 1.82) is 0 Å². The molecule has 220 valence electrons. The van der Waals surface area contributed by atoms with Crippen LogP contribution in [0.15, 0.2) is 0 Å². The molecule has 0 heterocycles. The number of rotatable bonds is 22. The summed E-state index contributed by atoms with van der Waals surface area (Å²) >= 11 is 0. The van der Waals surface area contributed by atoms with E-state index >= 15 is 0 Å². The van der Waals surface area contributed by atoms with Gasteiger partial charge in [0, 0.05) is 13.2 Å². The molecule has 12 N–H and O–H groups in total. The highest BCUT2D eigenvalue weighted by molar-refractivity contribution is 7.40. The molecule has 0 bridgehead atoms. The van der Waals surface area contributed by atoms with Crippen LogP contribution in [0.1, 0.15) is 143 Å². The number of hydrogen-bond donors (Lipinski definition) is 3. The van der Waals surface area contributed by atoms with E-state index in [1.54, 1.807) is 0 Å². The van der Waals surface area contributed by atoms with E-state index in [9.17, 15) is 0 Å². The van der Waals surface area contributed by atoms with Crippen LogP contribution in [-0.2, 0) is 9.30 Å². The van der Waals surface area contributed by atoms with Gasteiger partial charge in [0.25, 0.3) is 0 Å². The van der Waals surface area contributed by atoms with E-state index in [1.165, 1.54) is 116 Å². The molecule has 35 heavy (non-hydrogen) atoms. The summed E-state index contributed by atoms with van der Waals surface area (Å²) in [5.74, 6) is 1.77. The Morgan fingerprint density at radius 3 is 0.914 bits per heavy atom. The summed E-state index contributed by atoms with van der Waals surface area (Å²) in [4.78, 5) is 25.6. The molecule has 0 amide bonds. The minimum Gasteiger partial charge on any atom is -0.822 e. The predicted octanol–water partition coefficient (Wildman–Crippen LogP) is 7.64. The van der Waals surface area contributed by atoms with E-state index in [0.717, 1.165) is 25.0 Å². The largest absolute Gasteiger partial charge is 0.822 e. The van der Waals surface area contributed by atoms with Gasteiger partial charge in [0.1, 0.15) is 0 Å². The number of unbranched alkanes of at least 4 members (excludes halogenated alkanes) is 14. The third-order valence-electron chi connectivity index (χ3n) is 5.64. The van der Waals surface area contributed by atoms with E-state index in [0.29, 0.717) is 0 Å². The summed E-state index contributed by atoms with van der Waals surface area (Å²) in [6, 6.07) is 0. The number of phosphoric acid groups is 1. The zero-order valence-electron chi connectivity index (χ0n) is 24.8. The fourth-order valence-electron chi connectivity index (χ4n) is 3.74. The van der Waals surface area contributed by atoms with Crippen molar-refractivity contribution < 1.29 is 24.0 Å². The molecule has 0 saturated carbocycles. The van der Waals surface area contributed by atoms with Crippen LogP contribution in [-0.4, -0.2) is 13.2 Å². The Morgan fingerprint density at radius 2 is 0.686 bits per heavy atom. The Hall–Kier alpha value is -0.0500. The van der Waals surface area contributed by atoms with Gasteiger partial charge in [-0.1, -0.05) is 130 Å². The lowest BCUT2D eigenvalue weighted by molar-refractivity contribution is -0.432. The summed E-state index contributed by atoms with van der Waals surface area (Å²) < 4.78 is 14.3. The lowest BCUT2D eigenvalue weighted by atomic mass is 10.0. The first-order valence-corrected chi connectivity index (χ1v) is 14.9. The Bertz CT molecular complexity index is 376. The first-order chi connectivity index (χ1) is 15.1. The number of quaternary nitrogens is 3. The molecule has 0 atom stereocenters. The SMILES string of the molecule is CC(C)CCCCCCCCCCOCCCCCCCCCCC(C)C.O=P([O-])([O-])[O-].[NH4+].[NH4+].[NH4+]. The van der Waals surface area contributed by atoms with Crippen LogP contribution in [0.5, 0.6) is 0 Å². The van der Waals surface area contributed by atoms with Gasteiger partial charge < -0.3 is 42.4 Å². The van der Waals surface area contributed by atoms with Gasteiger partial charge in [0.15, 0.2) is 0 Å². The van der Waals surface area contributed by atoms with E-state index in [1.807, 2.05) is 0 Å². The van der Waals surface area contributed by atoms with Crippen LogP contribution < -0.4 is 33.1 Å². The van der Waals surface area contributed by atoms with Crippen LogP contribution >= 0.6 is 7.82 Å². The molecule has 0 aromatic rings. The standard InChI is InChI=1S/C26H54O.3H3N.H3O4P/c1-25(2)21-17-13-9-5-7-11-15-19-23-27-24-20-16-12-8-6-10-14-18-22-26(3)4;;;;1-5(2,3)4/h25-26H,5-24H2,1-4H3;3*1H3;(H3,1,2,3,4). The van der Waals surface area contributed by atoms with E-state index in [-0.39, 0.29) is 18.5 Å². The first kappa shape index (κ1) is 44.9. The highest BCUT2D eigenvalue weighted by Crippen LogP contribution is 2.14. The maximum Gasteiger partial charge on any atom is 0.0466 e. The average Bonchev–Trinajstić information content (AvgIpc) is 2.67. The molecule has 0 saturated heterocycles. The van der Waals surface area contributed by atoms with Crippen molar-refractivity contribution in [1.82, 2.24) is 18.5 Å². The van der Waals surface area contributed by atoms with Crippen molar-refractivity contribution >= 4 is 7.82 Å². The van der Waals surface area contributed by atoms with Gasteiger partial charge in [0.2, 0.25) is 0 Å². The summed E-state index contributed by atoms with van der Waals surface area (Å²) in [7, 11) is -5.39. The van der Waals surface area contributed by atoms with Crippen molar-refractivity contribution in [3.05, 3.63) is 0 Å². The molecule has 0 rings (SSSR count). The molecule has 0 fully saturated rings. The van der Waals surface area contributed by atoms with Crippen molar-refractivity contribution in [2.45, 2.75) is 143 Å². The number of hydrogen-bond acceptors (Lipinski definition) is 5. The molecule has 0 aliphatic carbocycles. The van der Waals surface area contributed by atoms with E-state index in [2.05, 4.69) is 27.7 Å². The van der Waals surface area contributed by atoms with Gasteiger partial charge in [-0.2, -0.15) is 7.82 Å². The second-order valence-electron chi connectivity index (χ2n) is 10.1. The zero-order valence-corrected chi connectivity index (χ0v) is 25.7. The molecule has 0 spiro atoms. The third-order valence-corrected chi connectivity index (χ3v) is 5.64. The van der Waals surface area contributed by atoms with E-state index in [4.69, 9.17) is 24.0 Å². The van der Waals surface area contributed by atoms with Crippen LogP contribution in [0.25, 0.3) is 0 Å². The second-order valence-corrected chi connectivity index (χ2v) is 11.0. The highest BCUT2D eigenvalue weighted by Gasteiger charge is 1.97. The second kappa shape index (κ2) is 34.0. The summed E-state index contributed by atoms with van der Waals surface area (Å²) in [6.07, 6.45) is 25.3. The molecular weight excluding hydrogens is 465 g/mol. The van der Waals surface area contributed by atoms with Crippen molar-refractivity contribution in [3.8, 4) is 0 Å². The van der Waals surface area contributed by atoms with Crippen LogP contribution in [0, 0.1) is 11.8 Å². The van der Waals surface area contributed by atoms with Crippen molar-refractivity contribution in [2.24, 2.45) is 11.8 Å². The Kier molecular flexibility index (Phi) is 43.6. The van der Waals surface area contributed by atoms with Crippen LogP contribution in [0.4, 0.5) is 0 Å². The van der Waals surface area contributed by atoms with Gasteiger partial charge in [-0.15, -0.1) is 0 Å². The van der Waals surface area contributed by atoms with E-state index < -0.39 is 7.82 Å². The summed E-state index contributed by atoms with van der Waals surface area (Å²) in [6.45, 7) is 11.3. The van der Waals surface area contributed by atoms with Gasteiger partial charge in [-0.05, 0) is 24.7 Å². The molecule has 0 aromatic heterocycles. The molecule has 9 heteroatoms. The maximum absolute atomic E-state index is 8.55. The lowest BCUT2D eigenvalue weighted by Gasteiger charge is -2.36. The highest BCUT2D eigenvalue weighted by atomic mass is 31.2. The van der Waals surface area contributed by atoms with Gasteiger partial charge in [-0.3, -0.25) is 0 Å². The topological polar surface area (TPSA) is 205 Å². The van der Waals surface area contributed by atoms with Crippen molar-refractivity contribution in [2.75, 3.05) is 13.2 Å².